The quantitative estimate of drug-likeness (QED) is 0.159. The summed E-state index contributed by atoms with van der Waals surface area (Å²) in [6, 6.07) is 22.9. The van der Waals surface area contributed by atoms with Crippen LogP contribution in [0.3, 0.4) is 0 Å². The third-order valence-corrected chi connectivity index (χ3v) is 10.3. The van der Waals surface area contributed by atoms with Gasteiger partial charge in [0, 0.05) is 68.8 Å². The monoisotopic (exact) mass is 653 g/mol. The molecule has 3 aliphatic rings. The van der Waals surface area contributed by atoms with Gasteiger partial charge >= 0.3 is 0 Å². The lowest BCUT2D eigenvalue weighted by Gasteiger charge is -2.33. The van der Waals surface area contributed by atoms with Crippen molar-refractivity contribution in [2.45, 2.75) is 44.6 Å². The summed E-state index contributed by atoms with van der Waals surface area (Å²) in [5.74, 6) is 2.18. The first-order valence-corrected chi connectivity index (χ1v) is 17.4. The van der Waals surface area contributed by atoms with Gasteiger partial charge in [-0.25, -0.2) is 4.98 Å². The molecule has 0 radical (unpaired) electrons. The number of hydrogen-bond donors (Lipinski definition) is 0. The minimum Gasteiger partial charge on any atom is -0.493 e. The first kappa shape index (κ1) is 32.4. The minimum absolute atomic E-state index is 0.0398. The number of anilines is 1. The number of para-hydroxylation sites is 2. The van der Waals surface area contributed by atoms with E-state index in [4.69, 9.17) is 24.2 Å². The molecule has 0 saturated carbocycles. The maximum Gasteiger partial charge on any atom is 0.254 e. The molecule has 1 amide bonds. The Kier molecular flexibility index (Phi) is 9.83. The molecule has 10 heteroatoms. The zero-order valence-corrected chi connectivity index (χ0v) is 28.2. The number of fused-ring (bicyclic) bond motifs is 2. The highest BCUT2D eigenvalue weighted by Crippen LogP contribution is 2.40. The van der Waals surface area contributed by atoms with Gasteiger partial charge in [-0.15, -0.1) is 0 Å². The van der Waals surface area contributed by atoms with Gasteiger partial charge in [-0.05, 0) is 69.1 Å². The van der Waals surface area contributed by atoms with Gasteiger partial charge < -0.3 is 33.6 Å². The predicted octanol–water partition coefficient (Wildman–Crippen LogP) is 5.33. The summed E-state index contributed by atoms with van der Waals surface area (Å²) in [7, 11) is 1.60. The zero-order valence-electron chi connectivity index (χ0n) is 28.2. The average Bonchev–Trinajstić information content (AvgIpc) is 3.65. The van der Waals surface area contributed by atoms with E-state index >= 15 is 0 Å². The Morgan fingerprint density at radius 1 is 0.979 bits per heavy atom. The smallest absolute Gasteiger partial charge is 0.254 e. The van der Waals surface area contributed by atoms with Crippen LogP contribution in [0.15, 0.2) is 66.7 Å². The summed E-state index contributed by atoms with van der Waals surface area (Å²) in [5.41, 5.74) is 4.98. The van der Waals surface area contributed by atoms with E-state index in [1.54, 1.807) is 13.2 Å². The summed E-state index contributed by atoms with van der Waals surface area (Å²) >= 11 is 0. The molecule has 1 aromatic heterocycles. The Balaban J connectivity index is 1.05. The van der Waals surface area contributed by atoms with Crippen LogP contribution in [-0.2, 0) is 28.0 Å². The van der Waals surface area contributed by atoms with Gasteiger partial charge in [-0.2, -0.15) is 4.89 Å². The van der Waals surface area contributed by atoms with Gasteiger partial charge in [-0.3, -0.25) is 4.79 Å². The first-order chi connectivity index (χ1) is 23.6. The summed E-state index contributed by atoms with van der Waals surface area (Å²) in [5, 5.41) is 0. The van der Waals surface area contributed by atoms with Crippen LogP contribution in [-0.4, -0.2) is 98.0 Å². The maximum atomic E-state index is 14.0. The molecular formula is C38H47N5O5. The highest BCUT2D eigenvalue weighted by Gasteiger charge is 2.42. The van der Waals surface area contributed by atoms with Gasteiger partial charge in [0.1, 0.15) is 0 Å². The largest absolute Gasteiger partial charge is 0.493 e. The molecule has 1 unspecified atom stereocenters. The van der Waals surface area contributed by atoms with Crippen molar-refractivity contribution in [3.63, 3.8) is 0 Å². The van der Waals surface area contributed by atoms with Crippen LogP contribution in [0.4, 0.5) is 5.95 Å². The van der Waals surface area contributed by atoms with Crippen molar-refractivity contribution >= 4 is 22.9 Å². The molecule has 254 valence electrons. The van der Waals surface area contributed by atoms with Gasteiger partial charge in [0.2, 0.25) is 11.7 Å². The lowest BCUT2D eigenvalue weighted by molar-refractivity contribution is -0.216. The second-order valence-corrected chi connectivity index (χ2v) is 13.1. The standard InChI is InChI=1S/C38H47N5O5/c1-3-46-25-23-43-33-13-8-7-12-32(33)39-37(43)41-18-9-17-40(21-22-41)19-15-38(31-10-5-4-6-11-31)16-20-42(28-38)36(44)30-26-29-14-24-47-48-35(29)34(27-30)45-2/h4-8,10-13,26-27H,3,9,14-25,28H2,1-2H3. The molecule has 3 aromatic carbocycles. The molecule has 10 nitrogen and oxygen atoms in total. The van der Waals surface area contributed by atoms with Crippen LogP contribution in [0.2, 0.25) is 0 Å². The Morgan fingerprint density at radius 3 is 2.69 bits per heavy atom. The van der Waals surface area contributed by atoms with Crippen LogP contribution in [0, 0.1) is 0 Å². The van der Waals surface area contributed by atoms with E-state index in [2.05, 4.69) is 69.0 Å². The van der Waals surface area contributed by atoms with Crippen molar-refractivity contribution in [1.29, 1.82) is 0 Å². The predicted molar refractivity (Wildman–Crippen MR) is 186 cm³/mol. The number of aromatic nitrogens is 2. The number of methoxy groups -OCH3 is 1. The van der Waals surface area contributed by atoms with Gasteiger partial charge in [0.15, 0.2) is 5.75 Å². The highest BCUT2D eigenvalue weighted by atomic mass is 17.2. The number of rotatable bonds is 11. The number of carbonyl (C=O) groups excluding carboxylic acids is 1. The Hall–Kier alpha value is -4.12. The molecule has 4 aromatic rings. The van der Waals surface area contributed by atoms with Crippen LogP contribution >= 0.6 is 0 Å². The van der Waals surface area contributed by atoms with Crippen molar-refractivity contribution in [2.75, 3.05) is 77.6 Å². The molecule has 48 heavy (non-hydrogen) atoms. The van der Waals surface area contributed by atoms with Crippen LogP contribution in [0.1, 0.15) is 47.7 Å². The van der Waals surface area contributed by atoms with Crippen molar-refractivity contribution in [3.05, 3.63) is 83.4 Å². The lowest BCUT2D eigenvalue weighted by Crippen LogP contribution is -2.39. The van der Waals surface area contributed by atoms with Gasteiger partial charge in [0.25, 0.3) is 5.91 Å². The topological polar surface area (TPSA) is 81.5 Å². The summed E-state index contributed by atoms with van der Waals surface area (Å²) in [4.78, 5) is 36.7. The van der Waals surface area contributed by atoms with Gasteiger partial charge in [-0.1, -0.05) is 42.5 Å². The maximum absolute atomic E-state index is 14.0. The van der Waals surface area contributed by atoms with Gasteiger partial charge in [0.05, 0.1) is 31.4 Å². The molecule has 2 fully saturated rings. The van der Waals surface area contributed by atoms with E-state index in [0.29, 0.717) is 49.8 Å². The van der Waals surface area contributed by atoms with Crippen molar-refractivity contribution in [1.82, 2.24) is 19.4 Å². The van der Waals surface area contributed by atoms with E-state index in [0.717, 1.165) is 87.6 Å². The van der Waals surface area contributed by atoms with E-state index in [1.807, 2.05) is 17.9 Å². The molecule has 0 bridgehead atoms. The van der Waals surface area contributed by atoms with Crippen molar-refractivity contribution in [2.24, 2.45) is 0 Å². The van der Waals surface area contributed by atoms with Crippen LogP contribution < -0.4 is 14.5 Å². The fourth-order valence-electron chi connectivity index (χ4n) is 7.66. The van der Waals surface area contributed by atoms with Crippen molar-refractivity contribution < 1.29 is 24.0 Å². The van der Waals surface area contributed by atoms with Crippen LogP contribution in [0.5, 0.6) is 11.5 Å². The SMILES string of the molecule is CCOCCn1c(N2CCCN(CCC3(c4ccccc4)CCN(C(=O)c4cc5c(c(OC)c4)OOCC5)C3)CC2)nc2ccccc21. The number of nitrogens with zero attached hydrogens (tertiary/aromatic N) is 5. The minimum atomic E-state index is -0.106. The fourth-order valence-corrected chi connectivity index (χ4v) is 7.66. The van der Waals surface area contributed by atoms with Crippen LogP contribution in [0.25, 0.3) is 11.0 Å². The number of hydrogen-bond acceptors (Lipinski definition) is 8. The van der Waals surface area contributed by atoms with E-state index in [-0.39, 0.29) is 11.3 Å². The van der Waals surface area contributed by atoms with E-state index in [1.165, 1.54) is 5.56 Å². The second kappa shape index (κ2) is 14.6. The number of ether oxygens (including phenoxy) is 2. The summed E-state index contributed by atoms with van der Waals surface area (Å²) in [6.07, 6.45) is 3.68. The second-order valence-electron chi connectivity index (χ2n) is 13.1. The zero-order chi connectivity index (χ0) is 32.9. The Bertz CT molecular complexity index is 1690. The summed E-state index contributed by atoms with van der Waals surface area (Å²) in [6.45, 7) is 11.0. The first-order valence-electron chi connectivity index (χ1n) is 17.4. The molecule has 0 N–H and O–H groups in total. The number of likely N-dealkylation sites (tertiary alicyclic amines) is 1. The van der Waals surface area contributed by atoms with E-state index in [9.17, 15) is 4.79 Å². The molecule has 0 spiro atoms. The number of benzene rings is 3. The fraction of sp³-hybridized carbons (Fsp3) is 0.474. The molecular weight excluding hydrogens is 606 g/mol. The van der Waals surface area contributed by atoms with E-state index < -0.39 is 0 Å². The molecule has 1 atom stereocenters. The number of carbonyl (C=O) groups is 1. The summed E-state index contributed by atoms with van der Waals surface area (Å²) < 4.78 is 13.6. The lowest BCUT2D eigenvalue weighted by atomic mass is 9.76. The third kappa shape index (κ3) is 6.61. The molecule has 3 aliphatic heterocycles. The normalized spacial score (nSPS) is 20.0. The number of imidazole rings is 1. The third-order valence-electron chi connectivity index (χ3n) is 10.3. The number of amides is 1. The molecule has 2 saturated heterocycles. The Labute approximate surface area is 283 Å². The molecule has 0 aliphatic carbocycles. The molecule has 7 rings (SSSR count). The highest BCUT2D eigenvalue weighted by molar-refractivity contribution is 5.95. The average molecular weight is 654 g/mol. The van der Waals surface area contributed by atoms with Crippen molar-refractivity contribution in [3.8, 4) is 11.5 Å². The Morgan fingerprint density at radius 2 is 1.83 bits per heavy atom. The molecule has 4 heterocycles.